The van der Waals surface area contributed by atoms with Crippen molar-refractivity contribution in [2.75, 3.05) is 11.4 Å². The fourth-order valence-electron chi connectivity index (χ4n) is 4.39. The zero-order chi connectivity index (χ0) is 25.9. The SMILES string of the molecule is C[C@@H](OC(=O)[C@@H]1CC(=O)N(c2ccc(Oc3cccc4ccccc34)cc2)C1)C(=O)c1ccc(Cl)cc1. The third kappa shape index (κ3) is 5.34. The number of anilines is 1. The van der Waals surface area contributed by atoms with E-state index in [1.807, 2.05) is 42.5 Å². The van der Waals surface area contributed by atoms with Gasteiger partial charge in [0.2, 0.25) is 11.7 Å². The van der Waals surface area contributed by atoms with Crippen LogP contribution in [0.3, 0.4) is 0 Å². The highest BCUT2D eigenvalue weighted by molar-refractivity contribution is 6.30. The highest BCUT2D eigenvalue weighted by atomic mass is 35.5. The minimum atomic E-state index is -0.969. The Bertz CT molecular complexity index is 1460. The van der Waals surface area contributed by atoms with Crippen molar-refractivity contribution in [1.29, 1.82) is 0 Å². The summed E-state index contributed by atoms with van der Waals surface area (Å²) < 4.78 is 11.5. The van der Waals surface area contributed by atoms with Crippen LogP contribution >= 0.6 is 11.6 Å². The topological polar surface area (TPSA) is 72.9 Å². The molecule has 4 aromatic carbocycles. The van der Waals surface area contributed by atoms with Crippen LogP contribution in [0.4, 0.5) is 5.69 Å². The molecule has 0 radical (unpaired) electrons. The first-order valence-electron chi connectivity index (χ1n) is 12.0. The lowest BCUT2D eigenvalue weighted by atomic mass is 10.1. The van der Waals surface area contributed by atoms with Gasteiger partial charge < -0.3 is 14.4 Å². The lowest BCUT2D eigenvalue weighted by Crippen LogP contribution is -2.30. The molecule has 1 heterocycles. The van der Waals surface area contributed by atoms with E-state index in [0.717, 1.165) is 16.5 Å². The summed E-state index contributed by atoms with van der Waals surface area (Å²) in [6, 6.07) is 27.4. The van der Waals surface area contributed by atoms with Crippen molar-refractivity contribution in [3.63, 3.8) is 0 Å². The maximum atomic E-state index is 12.7. The summed E-state index contributed by atoms with van der Waals surface area (Å²) in [5, 5.41) is 2.61. The second kappa shape index (κ2) is 10.4. The maximum Gasteiger partial charge on any atom is 0.312 e. The zero-order valence-electron chi connectivity index (χ0n) is 20.1. The molecule has 0 aromatic heterocycles. The Morgan fingerprint density at radius 1 is 0.919 bits per heavy atom. The van der Waals surface area contributed by atoms with Crippen molar-refractivity contribution in [1.82, 2.24) is 0 Å². The molecule has 1 aliphatic heterocycles. The number of hydrogen-bond acceptors (Lipinski definition) is 5. The third-order valence-electron chi connectivity index (χ3n) is 6.38. The predicted molar refractivity (Wildman–Crippen MR) is 142 cm³/mol. The molecule has 1 fully saturated rings. The first-order chi connectivity index (χ1) is 17.9. The molecule has 6 nitrogen and oxygen atoms in total. The summed E-state index contributed by atoms with van der Waals surface area (Å²) in [5.41, 5.74) is 1.07. The molecule has 37 heavy (non-hydrogen) atoms. The van der Waals surface area contributed by atoms with Crippen molar-refractivity contribution in [2.45, 2.75) is 19.4 Å². The summed E-state index contributed by atoms with van der Waals surface area (Å²) in [7, 11) is 0. The van der Waals surface area contributed by atoms with E-state index in [9.17, 15) is 14.4 Å². The van der Waals surface area contributed by atoms with Crippen LogP contribution in [0.25, 0.3) is 10.8 Å². The number of fused-ring (bicyclic) bond motifs is 1. The van der Waals surface area contributed by atoms with Crippen LogP contribution in [-0.2, 0) is 14.3 Å². The van der Waals surface area contributed by atoms with Crippen molar-refractivity contribution in [2.24, 2.45) is 5.92 Å². The van der Waals surface area contributed by atoms with E-state index in [0.29, 0.717) is 22.0 Å². The van der Waals surface area contributed by atoms with Crippen LogP contribution in [-0.4, -0.2) is 30.3 Å². The van der Waals surface area contributed by atoms with Gasteiger partial charge in [-0.2, -0.15) is 0 Å². The van der Waals surface area contributed by atoms with Gasteiger partial charge in [0, 0.05) is 34.6 Å². The Kier molecular flexibility index (Phi) is 6.93. The quantitative estimate of drug-likeness (QED) is 0.210. The first kappa shape index (κ1) is 24.5. The molecule has 0 N–H and O–H groups in total. The Labute approximate surface area is 219 Å². The standard InChI is InChI=1S/C30H24ClNO5/c1-19(29(34)21-9-11-23(31)12-10-21)36-30(35)22-17-28(33)32(18-22)24-13-15-25(16-14-24)37-27-8-4-6-20-5-2-3-7-26(20)27/h2-16,19,22H,17-18H2,1H3/t19-,22-/m1/s1. The monoisotopic (exact) mass is 513 g/mol. The molecule has 0 bridgehead atoms. The predicted octanol–water partition coefficient (Wildman–Crippen LogP) is 6.45. The van der Waals surface area contributed by atoms with Crippen LogP contribution in [0.5, 0.6) is 11.5 Å². The van der Waals surface area contributed by atoms with Crippen molar-refractivity contribution in [3.8, 4) is 11.5 Å². The van der Waals surface area contributed by atoms with Gasteiger partial charge >= 0.3 is 5.97 Å². The van der Waals surface area contributed by atoms with E-state index in [1.165, 1.54) is 6.92 Å². The normalized spacial score (nSPS) is 16.0. The molecule has 2 atom stereocenters. The fourth-order valence-corrected chi connectivity index (χ4v) is 4.52. The molecule has 1 saturated heterocycles. The van der Waals surface area contributed by atoms with Gasteiger partial charge in [0.25, 0.3) is 0 Å². The van der Waals surface area contributed by atoms with E-state index in [2.05, 4.69) is 0 Å². The summed E-state index contributed by atoms with van der Waals surface area (Å²) in [6.45, 7) is 1.71. The van der Waals surface area contributed by atoms with Crippen LogP contribution in [0.15, 0.2) is 91.0 Å². The number of ether oxygens (including phenoxy) is 2. The number of halogens is 1. The van der Waals surface area contributed by atoms with Crippen LogP contribution < -0.4 is 9.64 Å². The number of ketones is 1. The highest BCUT2D eigenvalue weighted by Gasteiger charge is 2.37. The third-order valence-corrected chi connectivity index (χ3v) is 6.63. The highest BCUT2D eigenvalue weighted by Crippen LogP contribution is 2.32. The number of rotatable bonds is 7. The molecule has 0 saturated carbocycles. The molecule has 0 spiro atoms. The van der Waals surface area contributed by atoms with Gasteiger partial charge in [-0.25, -0.2) is 0 Å². The number of carbonyl (C=O) groups is 3. The Morgan fingerprint density at radius 3 is 2.38 bits per heavy atom. The summed E-state index contributed by atoms with van der Waals surface area (Å²) in [5.74, 6) is -0.346. The molecule has 1 aliphatic rings. The van der Waals surface area contributed by atoms with Gasteiger partial charge in [-0.15, -0.1) is 0 Å². The summed E-state index contributed by atoms with van der Waals surface area (Å²) in [4.78, 5) is 39.6. The number of amides is 1. The lowest BCUT2D eigenvalue weighted by molar-refractivity contribution is -0.151. The van der Waals surface area contributed by atoms with Crippen LogP contribution in [0.2, 0.25) is 5.02 Å². The number of benzene rings is 4. The van der Waals surface area contributed by atoms with E-state index in [-0.39, 0.29) is 24.7 Å². The Morgan fingerprint density at radius 2 is 1.62 bits per heavy atom. The number of Topliss-reactive ketones (excluding diaryl/α,β-unsaturated/α-hetero) is 1. The van der Waals surface area contributed by atoms with Crippen molar-refractivity contribution in [3.05, 3.63) is 102 Å². The largest absolute Gasteiger partial charge is 0.457 e. The number of esters is 1. The average molecular weight is 514 g/mol. The van der Waals surface area contributed by atoms with E-state index in [1.54, 1.807) is 53.4 Å². The van der Waals surface area contributed by atoms with Crippen LogP contribution in [0, 0.1) is 5.92 Å². The minimum absolute atomic E-state index is 0.0228. The second-order valence-corrected chi connectivity index (χ2v) is 9.37. The second-order valence-electron chi connectivity index (χ2n) is 8.93. The first-order valence-corrected chi connectivity index (χ1v) is 12.3. The average Bonchev–Trinajstić information content (AvgIpc) is 3.31. The zero-order valence-corrected chi connectivity index (χ0v) is 20.9. The molecular weight excluding hydrogens is 490 g/mol. The molecule has 0 unspecified atom stereocenters. The Hall–Kier alpha value is -4.16. The lowest BCUT2D eigenvalue weighted by Gasteiger charge is -2.18. The number of hydrogen-bond donors (Lipinski definition) is 0. The number of nitrogens with zero attached hydrogens (tertiary/aromatic N) is 1. The molecule has 4 aromatic rings. The van der Waals surface area contributed by atoms with E-state index < -0.39 is 18.0 Å². The Balaban J connectivity index is 1.22. The van der Waals surface area contributed by atoms with E-state index >= 15 is 0 Å². The minimum Gasteiger partial charge on any atom is -0.457 e. The van der Waals surface area contributed by atoms with Crippen molar-refractivity contribution < 1.29 is 23.9 Å². The van der Waals surface area contributed by atoms with Gasteiger partial charge in [-0.05, 0) is 66.9 Å². The van der Waals surface area contributed by atoms with Gasteiger partial charge in [-0.3, -0.25) is 14.4 Å². The summed E-state index contributed by atoms with van der Waals surface area (Å²) in [6.07, 6.45) is -0.946. The van der Waals surface area contributed by atoms with E-state index in [4.69, 9.17) is 21.1 Å². The molecule has 7 heteroatoms. The number of carbonyl (C=O) groups excluding carboxylic acids is 3. The summed E-state index contributed by atoms with van der Waals surface area (Å²) >= 11 is 5.87. The van der Waals surface area contributed by atoms with Gasteiger partial charge in [-0.1, -0.05) is 48.0 Å². The maximum absolute atomic E-state index is 12.7. The molecule has 186 valence electrons. The smallest absolute Gasteiger partial charge is 0.312 e. The fraction of sp³-hybridized carbons (Fsp3) is 0.167. The van der Waals surface area contributed by atoms with Gasteiger partial charge in [0.15, 0.2) is 6.10 Å². The molecule has 5 rings (SSSR count). The molecule has 0 aliphatic carbocycles. The van der Waals surface area contributed by atoms with Gasteiger partial charge in [0.05, 0.1) is 5.92 Å². The van der Waals surface area contributed by atoms with Crippen LogP contribution in [0.1, 0.15) is 23.7 Å². The van der Waals surface area contributed by atoms with Crippen molar-refractivity contribution >= 4 is 45.7 Å². The molecule has 1 amide bonds. The molecular formula is C30H24ClNO5. The van der Waals surface area contributed by atoms with Gasteiger partial charge in [0.1, 0.15) is 11.5 Å².